The van der Waals surface area contributed by atoms with Crippen LogP contribution in [0.1, 0.15) is 12.0 Å². The minimum Gasteiger partial charge on any atom is -0.469 e. The molecular weight excluding hydrogens is 224 g/mol. The molecule has 17 heavy (non-hydrogen) atoms. The van der Waals surface area contributed by atoms with Gasteiger partial charge in [-0.05, 0) is 18.1 Å². The number of rotatable bonds is 4. The molecule has 0 aliphatic heterocycles. The van der Waals surface area contributed by atoms with E-state index in [4.69, 9.17) is 0 Å². The lowest BCUT2D eigenvalue weighted by Gasteiger charge is -2.08. The number of esters is 1. The van der Waals surface area contributed by atoms with Crippen LogP contribution in [0.4, 0.5) is 10.6 Å². The van der Waals surface area contributed by atoms with Crippen LogP contribution >= 0.6 is 0 Å². The van der Waals surface area contributed by atoms with Gasteiger partial charge < -0.3 is 9.47 Å². The first-order valence-corrected chi connectivity index (χ1v) is 5.03. The number of pyridine rings is 1. The Hall–Kier alpha value is -2.11. The Morgan fingerprint density at radius 1 is 1.35 bits per heavy atom. The minimum atomic E-state index is -0.594. The van der Waals surface area contributed by atoms with Gasteiger partial charge in [0, 0.05) is 12.6 Å². The molecular formula is C11H14N2O4. The van der Waals surface area contributed by atoms with Crippen LogP contribution in [-0.4, -0.2) is 31.3 Å². The molecule has 0 unspecified atom stereocenters. The number of amides is 1. The number of carbonyl (C=O) groups is 2. The van der Waals surface area contributed by atoms with Crippen LogP contribution in [0.3, 0.4) is 0 Å². The van der Waals surface area contributed by atoms with Crippen molar-refractivity contribution in [3.05, 3.63) is 23.9 Å². The highest BCUT2D eigenvalue weighted by Crippen LogP contribution is 2.14. The van der Waals surface area contributed by atoms with Crippen molar-refractivity contribution < 1.29 is 19.1 Å². The molecule has 0 bridgehead atoms. The van der Waals surface area contributed by atoms with E-state index in [1.54, 1.807) is 18.3 Å². The summed E-state index contributed by atoms with van der Waals surface area (Å²) in [6.45, 7) is 0. The molecule has 92 valence electrons. The molecule has 0 aliphatic rings. The fraction of sp³-hybridized carbons (Fsp3) is 0.364. The van der Waals surface area contributed by atoms with E-state index in [0.717, 1.165) is 5.56 Å². The van der Waals surface area contributed by atoms with Crippen molar-refractivity contribution in [2.45, 2.75) is 12.8 Å². The average Bonchev–Trinajstić information content (AvgIpc) is 2.37. The molecule has 0 aliphatic carbocycles. The van der Waals surface area contributed by atoms with Crippen molar-refractivity contribution in [2.24, 2.45) is 0 Å². The number of hydrogen-bond donors (Lipinski definition) is 1. The second-order valence-electron chi connectivity index (χ2n) is 3.20. The maximum absolute atomic E-state index is 11.1. The van der Waals surface area contributed by atoms with E-state index < -0.39 is 6.09 Å². The normalized spacial score (nSPS) is 9.53. The molecule has 6 nitrogen and oxygen atoms in total. The quantitative estimate of drug-likeness (QED) is 0.801. The van der Waals surface area contributed by atoms with Crippen molar-refractivity contribution in [1.82, 2.24) is 4.98 Å². The fourth-order valence-electron chi connectivity index (χ4n) is 1.24. The van der Waals surface area contributed by atoms with E-state index in [0.29, 0.717) is 12.2 Å². The van der Waals surface area contributed by atoms with Crippen molar-refractivity contribution in [3.8, 4) is 0 Å². The lowest BCUT2D eigenvalue weighted by molar-refractivity contribution is -0.140. The summed E-state index contributed by atoms with van der Waals surface area (Å²) in [6.07, 6.45) is 1.63. The topological polar surface area (TPSA) is 77.5 Å². The number of hydrogen-bond acceptors (Lipinski definition) is 5. The molecule has 1 aromatic heterocycles. The molecule has 0 saturated heterocycles. The molecule has 1 N–H and O–H groups in total. The molecule has 1 rings (SSSR count). The molecule has 0 fully saturated rings. The molecule has 1 heterocycles. The summed E-state index contributed by atoms with van der Waals surface area (Å²) in [4.78, 5) is 26.1. The van der Waals surface area contributed by atoms with Gasteiger partial charge in [-0.15, -0.1) is 0 Å². The predicted octanol–water partition coefficient (Wildman–Crippen LogP) is 1.37. The molecule has 0 atom stereocenters. The summed E-state index contributed by atoms with van der Waals surface area (Å²) in [6, 6.07) is 3.51. The fourth-order valence-corrected chi connectivity index (χ4v) is 1.24. The van der Waals surface area contributed by atoms with Crippen LogP contribution in [-0.2, 0) is 20.7 Å². The zero-order valence-corrected chi connectivity index (χ0v) is 9.73. The number of nitrogens with one attached hydrogen (secondary N) is 1. The molecule has 0 aromatic carbocycles. The highest BCUT2D eigenvalue weighted by molar-refractivity contribution is 5.84. The zero-order chi connectivity index (χ0) is 12.7. The van der Waals surface area contributed by atoms with Crippen molar-refractivity contribution in [2.75, 3.05) is 19.5 Å². The number of methoxy groups -OCH3 is 2. The van der Waals surface area contributed by atoms with Crippen molar-refractivity contribution >= 4 is 17.9 Å². The van der Waals surface area contributed by atoms with Gasteiger partial charge >= 0.3 is 12.1 Å². The Labute approximate surface area is 98.9 Å². The highest BCUT2D eigenvalue weighted by atomic mass is 16.5. The van der Waals surface area contributed by atoms with Crippen LogP contribution in [0.2, 0.25) is 0 Å². The Bertz CT molecular complexity index is 406. The Morgan fingerprint density at radius 3 is 2.76 bits per heavy atom. The van der Waals surface area contributed by atoms with Gasteiger partial charge in [0.2, 0.25) is 0 Å². The van der Waals surface area contributed by atoms with E-state index in [1.165, 1.54) is 14.2 Å². The number of carbonyl (C=O) groups excluding carboxylic acids is 2. The maximum Gasteiger partial charge on any atom is 0.412 e. The Morgan fingerprint density at radius 2 is 2.12 bits per heavy atom. The van der Waals surface area contributed by atoms with Gasteiger partial charge in [0.25, 0.3) is 0 Å². The minimum absolute atomic E-state index is 0.234. The Kier molecular flexibility index (Phi) is 4.93. The van der Waals surface area contributed by atoms with Crippen molar-refractivity contribution in [1.29, 1.82) is 0 Å². The molecule has 0 radical (unpaired) electrons. The summed E-state index contributed by atoms with van der Waals surface area (Å²) in [5.74, 6) is 0.0844. The lowest BCUT2D eigenvalue weighted by atomic mass is 10.1. The summed E-state index contributed by atoms with van der Waals surface area (Å²) in [5, 5.41) is 2.48. The summed E-state index contributed by atoms with van der Waals surface area (Å²) in [5.41, 5.74) is 0.753. The van der Waals surface area contributed by atoms with E-state index in [-0.39, 0.29) is 12.4 Å². The van der Waals surface area contributed by atoms with Gasteiger partial charge in [-0.3, -0.25) is 10.1 Å². The smallest absolute Gasteiger partial charge is 0.412 e. The van der Waals surface area contributed by atoms with E-state index >= 15 is 0 Å². The van der Waals surface area contributed by atoms with Gasteiger partial charge in [0.1, 0.15) is 5.82 Å². The van der Waals surface area contributed by atoms with E-state index in [1.807, 2.05) is 0 Å². The second kappa shape index (κ2) is 6.47. The molecule has 0 saturated carbocycles. The third-order valence-corrected chi connectivity index (χ3v) is 2.12. The van der Waals surface area contributed by atoms with Gasteiger partial charge in [-0.2, -0.15) is 0 Å². The number of aromatic nitrogens is 1. The predicted molar refractivity (Wildman–Crippen MR) is 60.6 cm³/mol. The second-order valence-corrected chi connectivity index (χ2v) is 3.20. The summed E-state index contributed by atoms with van der Waals surface area (Å²) < 4.78 is 9.02. The average molecular weight is 238 g/mol. The number of aryl methyl sites for hydroxylation is 1. The number of nitrogens with zero attached hydrogens (tertiary/aromatic N) is 1. The van der Waals surface area contributed by atoms with Crippen molar-refractivity contribution in [3.63, 3.8) is 0 Å². The van der Waals surface area contributed by atoms with Gasteiger partial charge in [-0.1, -0.05) is 6.07 Å². The number of anilines is 1. The molecule has 1 amide bonds. The standard InChI is InChI=1S/C11H14N2O4/c1-16-9(14)6-5-8-4-3-7-12-10(8)13-11(15)17-2/h3-4,7H,5-6H2,1-2H3,(H,12,13,15). The van der Waals surface area contributed by atoms with Crippen LogP contribution in [0.5, 0.6) is 0 Å². The monoisotopic (exact) mass is 238 g/mol. The third-order valence-electron chi connectivity index (χ3n) is 2.12. The molecule has 0 spiro atoms. The van der Waals surface area contributed by atoms with Gasteiger partial charge in [0.05, 0.1) is 14.2 Å². The maximum atomic E-state index is 11.1. The first-order chi connectivity index (χ1) is 8.17. The van der Waals surface area contributed by atoms with E-state index in [2.05, 4.69) is 19.8 Å². The summed E-state index contributed by atoms with van der Waals surface area (Å²) >= 11 is 0. The van der Waals surface area contributed by atoms with Crippen LogP contribution in [0.25, 0.3) is 0 Å². The number of ether oxygens (including phenoxy) is 2. The first kappa shape index (κ1) is 13.0. The van der Waals surface area contributed by atoms with Gasteiger partial charge in [0.15, 0.2) is 0 Å². The lowest BCUT2D eigenvalue weighted by Crippen LogP contribution is -2.14. The first-order valence-electron chi connectivity index (χ1n) is 5.03. The SMILES string of the molecule is COC(=O)CCc1cccnc1NC(=O)OC. The van der Waals surface area contributed by atoms with Crippen LogP contribution < -0.4 is 5.32 Å². The Balaban J connectivity index is 2.70. The van der Waals surface area contributed by atoms with Gasteiger partial charge in [-0.25, -0.2) is 9.78 Å². The molecule has 1 aromatic rings. The zero-order valence-electron chi connectivity index (χ0n) is 9.73. The van der Waals surface area contributed by atoms with Crippen LogP contribution in [0.15, 0.2) is 18.3 Å². The largest absolute Gasteiger partial charge is 0.469 e. The highest BCUT2D eigenvalue weighted by Gasteiger charge is 2.09. The summed E-state index contributed by atoms with van der Waals surface area (Å²) in [7, 11) is 2.60. The van der Waals surface area contributed by atoms with Crippen LogP contribution in [0, 0.1) is 0 Å². The third kappa shape index (κ3) is 4.10. The molecule has 6 heteroatoms. The van der Waals surface area contributed by atoms with E-state index in [9.17, 15) is 9.59 Å².